The Morgan fingerprint density at radius 2 is 1.72 bits per heavy atom. The Balaban J connectivity index is 1.66. The molecular formula is C35H53N5O6S. The molecular weight excluding hydrogens is 618 g/mol. The highest BCUT2D eigenvalue weighted by molar-refractivity contribution is 7.09. The zero-order valence-electron chi connectivity index (χ0n) is 28.6. The molecule has 0 spiro atoms. The van der Waals surface area contributed by atoms with Crippen LogP contribution in [0.1, 0.15) is 100 Å². The van der Waals surface area contributed by atoms with E-state index in [0.717, 1.165) is 42.7 Å². The summed E-state index contributed by atoms with van der Waals surface area (Å²) in [6.45, 7) is 10.3. The summed E-state index contributed by atoms with van der Waals surface area (Å²) in [5.41, 5.74) is 1.12. The molecule has 0 aliphatic carbocycles. The van der Waals surface area contributed by atoms with Crippen LogP contribution >= 0.6 is 11.3 Å². The lowest BCUT2D eigenvalue weighted by atomic mass is 9.94. The number of carbonyl (C=O) groups excluding carboxylic acids is 3. The number of benzene rings is 1. The fourth-order valence-corrected chi connectivity index (χ4v) is 6.69. The molecule has 11 nitrogen and oxygen atoms in total. The van der Waals surface area contributed by atoms with Crippen LogP contribution in [0, 0.1) is 17.8 Å². The van der Waals surface area contributed by atoms with Gasteiger partial charge in [-0.2, -0.15) is 0 Å². The molecule has 260 valence electrons. The molecule has 1 fully saturated rings. The van der Waals surface area contributed by atoms with Crippen molar-refractivity contribution in [2.45, 2.75) is 110 Å². The Hall–Kier alpha value is -3.35. The molecule has 12 heteroatoms. The van der Waals surface area contributed by atoms with Gasteiger partial charge >= 0.3 is 5.97 Å². The van der Waals surface area contributed by atoms with Crippen LogP contribution in [0.5, 0.6) is 0 Å². The molecule has 1 aromatic heterocycles. The van der Waals surface area contributed by atoms with E-state index in [0.29, 0.717) is 17.8 Å². The third-order valence-corrected chi connectivity index (χ3v) is 10.2. The maximum atomic E-state index is 13.6. The van der Waals surface area contributed by atoms with E-state index < -0.39 is 42.0 Å². The van der Waals surface area contributed by atoms with Crippen molar-refractivity contribution in [3.63, 3.8) is 0 Å². The number of nitrogens with one attached hydrogen (secondary N) is 3. The average molecular weight is 672 g/mol. The van der Waals surface area contributed by atoms with Crippen molar-refractivity contribution in [1.29, 1.82) is 0 Å². The van der Waals surface area contributed by atoms with Gasteiger partial charge in [0, 0.05) is 23.9 Å². The number of carboxylic acids is 1. The minimum atomic E-state index is -1.03. The number of likely N-dealkylation sites (N-methyl/N-ethyl adjacent to an activating group) is 1. The summed E-state index contributed by atoms with van der Waals surface area (Å²) >= 11 is 1.16. The standard InChI is InChI=1S/C35H53N5O6S/c1-7-22(4)30(39-32(43)28-15-11-12-16-40(28)6)33(44)37-26(21(2)3)19-29(41)34-38-27(20-47-34)31(42)36-25(17-23(5)35(45)46)18-24-13-9-8-10-14-24/h8-10,13-14,20-23,25-26,28-30,41H,7,11-12,15-19H2,1-6H3,(H,36,42)(H,37,44)(H,39,43)(H,45,46)/t22-,23-,25+,26+,28+,29+,30-/m0/s1. The van der Waals surface area contributed by atoms with Gasteiger partial charge in [-0.15, -0.1) is 11.3 Å². The predicted molar refractivity (Wildman–Crippen MR) is 183 cm³/mol. The fraction of sp³-hybridized carbons (Fsp3) is 0.629. The summed E-state index contributed by atoms with van der Waals surface area (Å²) in [4.78, 5) is 58.0. The molecule has 47 heavy (non-hydrogen) atoms. The Morgan fingerprint density at radius 3 is 2.34 bits per heavy atom. The normalized spacial score (nSPS) is 19.2. The van der Waals surface area contributed by atoms with E-state index >= 15 is 0 Å². The minimum absolute atomic E-state index is 0.0240. The smallest absolute Gasteiger partial charge is 0.306 e. The maximum absolute atomic E-state index is 13.6. The number of likely N-dealkylation sites (tertiary alicyclic amines) is 1. The van der Waals surface area contributed by atoms with Gasteiger partial charge in [0.15, 0.2) is 0 Å². The van der Waals surface area contributed by atoms with Crippen molar-refractivity contribution >= 4 is 35.0 Å². The number of carbonyl (C=O) groups is 4. The molecule has 0 radical (unpaired) electrons. The number of aliphatic hydroxyl groups is 1. The van der Waals surface area contributed by atoms with Crippen molar-refractivity contribution < 1.29 is 29.4 Å². The zero-order chi connectivity index (χ0) is 34.7. The van der Waals surface area contributed by atoms with Gasteiger partial charge in [0.2, 0.25) is 11.8 Å². The number of aliphatic carboxylic acids is 1. The second-order valence-corrected chi connectivity index (χ2v) is 14.3. The first-order valence-electron chi connectivity index (χ1n) is 16.8. The largest absolute Gasteiger partial charge is 0.481 e. The van der Waals surface area contributed by atoms with E-state index in [1.165, 1.54) is 0 Å². The zero-order valence-corrected chi connectivity index (χ0v) is 29.4. The lowest BCUT2D eigenvalue weighted by Crippen LogP contribution is -2.57. The molecule has 5 N–H and O–H groups in total. The number of thiazole rings is 1. The molecule has 1 aliphatic heterocycles. The summed E-state index contributed by atoms with van der Waals surface area (Å²) in [7, 11) is 1.94. The second-order valence-electron chi connectivity index (χ2n) is 13.4. The number of nitrogens with zero attached hydrogens (tertiary/aromatic N) is 2. The molecule has 2 aromatic rings. The van der Waals surface area contributed by atoms with Gasteiger partial charge in [-0.25, -0.2) is 4.98 Å². The van der Waals surface area contributed by atoms with E-state index in [1.807, 2.05) is 70.0 Å². The van der Waals surface area contributed by atoms with E-state index in [9.17, 15) is 29.4 Å². The highest BCUT2D eigenvalue weighted by Gasteiger charge is 2.34. The Bertz CT molecular complexity index is 1320. The highest BCUT2D eigenvalue weighted by atomic mass is 32.1. The third-order valence-electron chi connectivity index (χ3n) is 9.24. The van der Waals surface area contributed by atoms with Gasteiger partial charge in [0.25, 0.3) is 5.91 Å². The SMILES string of the molecule is CC[C@H](C)[C@H](NC(=O)[C@H]1CCCCN1C)C(=O)N[C@H](C[C@@H](O)c1nc(C(=O)N[C@@H](Cc2ccccc2)C[C@H](C)C(=O)O)cs1)C(C)C. The van der Waals surface area contributed by atoms with E-state index in [4.69, 9.17) is 0 Å². The van der Waals surface area contributed by atoms with Crippen LogP contribution < -0.4 is 16.0 Å². The van der Waals surface area contributed by atoms with E-state index in [-0.39, 0.29) is 48.2 Å². The topological polar surface area (TPSA) is 161 Å². The number of rotatable bonds is 17. The van der Waals surface area contributed by atoms with Gasteiger partial charge in [0.1, 0.15) is 22.8 Å². The number of hydrogen-bond acceptors (Lipinski definition) is 8. The van der Waals surface area contributed by atoms with Crippen LogP contribution in [-0.2, 0) is 20.8 Å². The van der Waals surface area contributed by atoms with Crippen LogP contribution in [0.15, 0.2) is 35.7 Å². The minimum Gasteiger partial charge on any atom is -0.481 e. The van der Waals surface area contributed by atoms with E-state index in [2.05, 4.69) is 20.9 Å². The van der Waals surface area contributed by atoms with Crippen LogP contribution in [0.2, 0.25) is 0 Å². The molecule has 1 aliphatic rings. The molecule has 0 unspecified atom stereocenters. The maximum Gasteiger partial charge on any atom is 0.306 e. The molecule has 3 rings (SSSR count). The van der Waals surface area contributed by atoms with Gasteiger partial charge in [-0.1, -0.05) is 77.8 Å². The second kappa shape index (κ2) is 18.3. The summed E-state index contributed by atoms with van der Waals surface area (Å²) in [5.74, 6) is -2.55. The predicted octanol–water partition coefficient (Wildman–Crippen LogP) is 4.17. The Labute approximate surface area is 282 Å². The molecule has 3 amide bonds. The number of piperidine rings is 1. The number of hydrogen-bond donors (Lipinski definition) is 5. The van der Waals surface area contributed by atoms with Crippen molar-refractivity contribution in [2.24, 2.45) is 17.8 Å². The molecule has 0 saturated carbocycles. The lowest BCUT2D eigenvalue weighted by Gasteiger charge is -2.34. The summed E-state index contributed by atoms with van der Waals surface area (Å²) in [5, 5.41) is 31.6. The quantitative estimate of drug-likeness (QED) is 0.168. The molecule has 1 aromatic carbocycles. The molecule has 1 saturated heterocycles. The number of aromatic nitrogens is 1. The summed E-state index contributed by atoms with van der Waals surface area (Å²) in [6, 6.07) is 7.75. The summed E-state index contributed by atoms with van der Waals surface area (Å²) < 4.78 is 0. The first-order chi connectivity index (χ1) is 22.3. The lowest BCUT2D eigenvalue weighted by molar-refractivity contribution is -0.141. The number of amides is 3. The first-order valence-corrected chi connectivity index (χ1v) is 17.7. The van der Waals surface area contributed by atoms with Crippen molar-refractivity contribution in [1.82, 2.24) is 25.8 Å². The van der Waals surface area contributed by atoms with Gasteiger partial charge in [-0.05, 0) is 56.7 Å². The Kier molecular flexibility index (Phi) is 14.8. The van der Waals surface area contributed by atoms with Gasteiger partial charge < -0.3 is 26.2 Å². The van der Waals surface area contributed by atoms with Crippen LogP contribution in [0.3, 0.4) is 0 Å². The van der Waals surface area contributed by atoms with Gasteiger partial charge in [0.05, 0.1) is 12.0 Å². The van der Waals surface area contributed by atoms with Crippen molar-refractivity contribution in [3.8, 4) is 0 Å². The molecule has 2 heterocycles. The number of carboxylic acid groups (broad SMARTS) is 1. The van der Waals surface area contributed by atoms with Crippen molar-refractivity contribution in [3.05, 3.63) is 52.0 Å². The molecule has 7 atom stereocenters. The van der Waals surface area contributed by atoms with E-state index in [1.54, 1.807) is 12.3 Å². The van der Waals surface area contributed by atoms with Crippen LogP contribution in [-0.4, -0.2) is 81.5 Å². The van der Waals surface area contributed by atoms with Gasteiger partial charge in [-0.3, -0.25) is 24.1 Å². The average Bonchev–Trinajstić information content (AvgIpc) is 3.54. The first kappa shape index (κ1) is 38.1. The Morgan fingerprint density at radius 1 is 1.02 bits per heavy atom. The number of aliphatic hydroxyl groups excluding tert-OH is 1. The van der Waals surface area contributed by atoms with Crippen LogP contribution in [0.25, 0.3) is 0 Å². The van der Waals surface area contributed by atoms with Crippen molar-refractivity contribution in [2.75, 3.05) is 13.6 Å². The van der Waals surface area contributed by atoms with Crippen LogP contribution in [0.4, 0.5) is 0 Å². The third kappa shape index (κ3) is 11.4. The fourth-order valence-electron chi connectivity index (χ4n) is 5.89. The monoisotopic (exact) mass is 671 g/mol. The highest BCUT2D eigenvalue weighted by Crippen LogP contribution is 2.26. The molecule has 0 bridgehead atoms. The summed E-state index contributed by atoms with van der Waals surface area (Å²) in [6.07, 6.45) is 3.37.